The van der Waals surface area contributed by atoms with Gasteiger partial charge in [0.2, 0.25) is 0 Å². The minimum Gasteiger partial charge on any atom is -0.465 e. The molecule has 4 nitrogen and oxygen atoms in total. The zero-order valence-electron chi connectivity index (χ0n) is 10.5. The number of benzene rings is 1. The molecule has 0 spiro atoms. The van der Waals surface area contributed by atoms with E-state index < -0.39 is 6.09 Å². The number of rotatable bonds is 3. The molecule has 0 bridgehead atoms. The lowest BCUT2D eigenvalue weighted by Gasteiger charge is -2.20. The molecule has 2 rings (SSSR count). The number of carbonyl (C=O) groups is 1. The molecule has 0 fully saturated rings. The van der Waals surface area contributed by atoms with Crippen molar-refractivity contribution in [2.75, 3.05) is 4.90 Å². The zero-order valence-corrected chi connectivity index (χ0v) is 11.3. The maximum atomic E-state index is 12.8. The summed E-state index contributed by atoms with van der Waals surface area (Å²) in [6.45, 7) is 3.57. The normalized spacial score (nSPS) is 10.7. The van der Waals surface area contributed by atoms with Gasteiger partial charge in [-0.05, 0) is 38.1 Å². The van der Waals surface area contributed by atoms with Crippen molar-refractivity contribution in [1.82, 2.24) is 4.98 Å². The Balaban J connectivity index is 2.32. The molecule has 0 atom stereocenters. The monoisotopic (exact) mass is 280 g/mol. The fourth-order valence-corrected chi connectivity index (χ4v) is 2.49. The molecule has 0 unspecified atom stereocenters. The minimum absolute atomic E-state index is 0.194. The van der Waals surface area contributed by atoms with Crippen LogP contribution in [0.2, 0.25) is 0 Å². The Kier molecular flexibility index (Phi) is 3.80. The van der Waals surface area contributed by atoms with Gasteiger partial charge < -0.3 is 5.11 Å². The van der Waals surface area contributed by atoms with Crippen LogP contribution in [0.5, 0.6) is 0 Å². The van der Waals surface area contributed by atoms with E-state index in [9.17, 15) is 9.18 Å². The zero-order chi connectivity index (χ0) is 14.0. The van der Waals surface area contributed by atoms with Gasteiger partial charge in [-0.25, -0.2) is 14.2 Å². The predicted molar refractivity (Wildman–Crippen MR) is 73.1 cm³/mol. The van der Waals surface area contributed by atoms with Crippen LogP contribution in [0.25, 0.3) is 10.6 Å². The van der Waals surface area contributed by atoms with E-state index in [1.165, 1.54) is 28.4 Å². The average Bonchev–Trinajstić information content (AvgIpc) is 2.78. The molecule has 0 radical (unpaired) electrons. The summed E-state index contributed by atoms with van der Waals surface area (Å²) in [4.78, 5) is 16.7. The van der Waals surface area contributed by atoms with E-state index in [4.69, 9.17) is 5.11 Å². The van der Waals surface area contributed by atoms with Crippen molar-refractivity contribution in [3.8, 4) is 10.6 Å². The van der Waals surface area contributed by atoms with Crippen molar-refractivity contribution < 1.29 is 14.3 Å². The Hall–Kier alpha value is -1.95. The number of anilines is 1. The molecule has 0 saturated heterocycles. The molecule has 1 heterocycles. The average molecular weight is 280 g/mol. The van der Waals surface area contributed by atoms with Crippen LogP contribution in [0, 0.1) is 5.82 Å². The maximum Gasteiger partial charge on any atom is 0.413 e. The Morgan fingerprint density at radius 3 is 2.53 bits per heavy atom. The number of hydrogen-bond acceptors (Lipinski definition) is 3. The maximum absolute atomic E-state index is 12.8. The van der Waals surface area contributed by atoms with E-state index in [1.54, 1.807) is 31.4 Å². The summed E-state index contributed by atoms with van der Waals surface area (Å²) < 4.78 is 12.8. The van der Waals surface area contributed by atoms with E-state index in [0.717, 1.165) is 5.56 Å². The lowest BCUT2D eigenvalue weighted by molar-refractivity contribution is 0.200. The van der Waals surface area contributed by atoms with Crippen LogP contribution in [0.3, 0.4) is 0 Å². The first-order chi connectivity index (χ1) is 8.99. The van der Waals surface area contributed by atoms with E-state index in [2.05, 4.69) is 4.98 Å². The lowest BCUT2D eigenvalue weighted by Crippen LogP contribution is -2.35. The van der Waals surface area contributed by atoms with Crippen molar-refractivity contribution >= 4 is 23.2 Å². The standard InChI is InChI=1S/C13H13FN2O2S/c1-8(2)16(13(17)18)11-7-19-12(15-11)9-3-5-10(14)6-4-9/h3-8H,1-2H3,(H,17,18). The van der Waals surface area contributed by atoms with Crippen molar-refractivity contribution in [2.45, 2.75) is 19.9 Å². The molecule has 0 saturated carbocycles. The molecule has 0 aliphatic rings. The SMILES string of the molecule is CC(C)N(C(=O)O)c1csc(-c2ccc(F)cc2)n1. The van der Waals surface area contributed by atoms with E-state index >= 15 is 0 Å². The van der Waals surface area contributed by atoms with E-state index in [1.807, 2.05) is 0 Å². The largest absolute Gasteiger partial charge is 0.465 e. The third-order valence-electron chi connectivity index (χ3n) is 2.55. The topological polar surface area (TPSA) is 53.4 Å². The lowest BCUT2D eigenvalue weighted by atomic mass is 10.2. The van der Waals surface area contributed by atoms with Gasteiger partial charge >= 0.3 is 6.09 Å². The van der Waals surface area contributed by atoms with Crippen LogP contribution in [0.4, 0.5) is 15.0 Å². The van der Waals surface area contributed by atoms with Gasteiger partial charge in [0.15, 0.2) is 0 Å². The molecule has 100 valence electrons. The molecule has 6 heteroatoms. The first-order valence-corrected chi connectivity index (χ1v) is 6.60. The number of aromatic nitrogens is 1. The number of nitrogens with zero attached hydrogens (tertiary/aromatic N) is 2. The highest BCUT2D eigenvalue weighted by Crippen LogP contribution is 2.28. The number of hydrogen-bond donors (Lipinski definition) is 1. The second-order valence-electron chi connectivity index (χ2n) is 4.26. The van der Waals surface area contributed by atoms with Crippen molar-refractivity contribution in [1.29, 1.82) is 0 Å². The summed E-state index contributed by atoms with van der Waals surface area (Å²) >= 11 is 1.33. The minimum atomic E-state index is -1.04. The van der Waals surface area contributed by atoms with E-state index in [0.29, 0.717) is 10.8 Å². The second-order valence-corrected chi connectivity index (χ2v) is 5.12. The Bertz CT molecular complexity index is 581. The van der Waals surface area contributed by atoms with Gasteiger partial charge in [-0.1, -0.05) is 0 Å². The Morgan fingerprint density at radius 2 is 2.00 bits per heavy atom. The predicted octanol–water partition coefficient (Wildman–Crippen LogP) is 3.84. The van der Waals surface area contributed by atoms with Crippen molar-refractivity contribution in [3.63, 3.8) is 0 Å². The molecule has 1 amide bonds. The number of carboxylic acid groups (broad SMARTS) is 1. The van der Waals surface area contributed by atoms with Gasteiger partial charge in [0.05, 0.1) is 0 Å². The number of thiazole rings is 1. The third kappa shape index (κ3) is 2.90. The quantitative estimate of drug-likeness (QED) is 0.929. The van der Waals surface area contributed by atoms with Crippen LogP contribution in [-0.2, 0) is 0 Å². The summed E-state index contributed by atoms with van der Waals surface area (Å²) in [6.07, 6.45) is -1.04. The highest BCUT2D eigenvalue weighted by atomic mass is 32.1. The fraction of sp³-hybridized carbons (Fsp3) is 0.231. The smallest absolute Gasteiger partial charge is 0.413 e. The molecule has 2 aromatic rings. The van der Waals surface area contributed by atoms with Gasteiger partial charge in [-0.15, -0.1) is 11.3 Å². The second kappa shape index (κ2) is 5.36. The highest BCUT2D eigenvalue weighted by Gasteiger charge is 2.20. The van der Waals surface area contributed by atoms with Crippen LogP contribution >= 0.6 is 11.3 Å². The van der Waals surface area contributed by atoms with Crippen molar-refractivity contribution in [2.24, 2.45) is 0 Å². The highest BCUT2D eigenvalue weighted by molar-refractivity contribution is 7.13. The van der Waals surface area contributed by atoms with Crippen LogP contribution < -0.4 is 4.90 Å². The fourth-order valence-electron chi connectivity index (χ4n) is 1.68. The summed E-state index contributed by atoms with van der Waals surface area (Å²) in [6, 6.07) is 5.76. The first-order valence-electron chi connectivity index (χ1n) is 5.72. The molecule has 1 N–H and O–H groups in total. The summed E-state index contributed by atoms with van der Waals surface area (Å²) in [7, 11) is 0. The van der Waals surface area contributed by atoms with Crippen LogP contribution in [0.1, 0.15) is 13.8 Å². The van der Waals surface area contributed by atoms with Crippen LogP contribution in [-0.4, -0.2) is 22.2 Å². The first kappa shape index (κ1) is 13.5. The van der Waals surface area contributed by atoms with Gasteiger partial charge in [0, 0.05) is 17.0 Å². The summed E-state index contributed by atoms with van der Waals surface area (Å²) in [5.41, 5.74) is 0.770. The summed E-state index contributed by atoms with van der Waals surface area (Å²) in [5, 5.41) is 11.5. The van der Waals surface area contributed by atoms with E-state index in [-0.39, 0.29) is 11.9 Å². The van der Waals surface area contributed by atoms with Gasteiger partial charge in [0.25, 0.3) is 0 Å². The number of halogens is 1. The molecular weight excluding hydrogens is 267 g/mol. The Morgan fingerprint density at radius 1 is 1.37 bits per heavy atom. The third-order valence-corrected chi connectivity index (χ3v) is 3.43. The summed E-state index contributed by atoms with van der Waals surface area (Å²) in [5.74, 6) is 0.0849. The molecule has 1 aromatic heterocycles. The molecular formula is C13H13FN2O2S. The number of amides is 1. The van der Waals surface area contributed by atoms with Gasteiger partial charge in [-0.3, -0.25) is 4.90 Å². The molecule has 0 aliphatic heterocycles. The van der Waals surface area contributed by atoms with Gasteiger partial charge in [0.1, 0.15) is 16.6 Å². The molecule has 0 aliphatic carbocycles. The van der Waals surface area contributed by atoms with Crippen molar-refractivity contribution in [3.05, 3.63) is 35.5 Å². The van der Waals surface area contributed by atoms with Crippen LogP contribution in [0.15, 0.2) is 29.6 Å². The molecule has 1 aromatic carbocycles. The Labute approximate surface area is 114 Å². The van der Waals surface area contributed by atoms with Gasteiger partial charge in [-0.2, -0.15) is 0 Å². The molecule has 19 heavy (non-hydrogen) atoms.